The van der Waals surface area contributed by atoms with Crippen molar-refractivity contribution in [1.82, 2.24) is 20.2 Å². The topological polar surface area (TPSA) is 66.5 Å². The Balaban J connectivity index is 1.97. The fourth-order valence-corrected chi connectivity index (χ4v) is 2.51. The first-order valence-corrected chi connectivity index (χ1v) is 7.66. The molecule has 118 valence electrons. The van der Waals surface area contributed by atoms with Crippen LogP contribution in [-0.4, -0.2) is 20.2 Å². The van der Waals surface area contributed by atoms with E-state index < -0.39 is 0 Å². The van der Waals surface area contributed by atoms with Crippen molar-refractivity contribution in [3.8, 4) is 0 Å². The number of aryl methyl sites for hydroxylation is 2. The molecule has 2 heterocycles. The number of nitrogens with zero attached hydrogens (tertiary/aromatic N) is 3. The van der Waals surface area contributed by atoms with Crippen molar-refractivity contribution in [2.75, 3.05) is 5.32 Å². The van der Waals surface area contributed by atoms with Crippen LogP contribution in [-0.2, 0) is 5.41 Å². The molecule has 5 heteroatoms. The number of nitrogens with one attached hydrogen (secondary N) is 2. The summed E-state index contributed by atoms with van der Waals surface area (Å²) < 4.78 is 0. The molecule has 3 rings (SSSR count). The third kappa shape index (κ3) is 3.23. The lowest BCUT2D eigenvalue weighted by atomic mass is 9.83. The number of aromatic amines is 1. The third-order valence-corrected chi connectivity index (χ3v) is 3.87. The van der Waals surface area contributed by atoms with Crippen LogP contribution in [0, 0.1) is 13.8 Å². The first-order valence-electron chi connectivity index (χ1n) is 7.66. The predicted octanol–water partition coefficient (Wildman–Crippen LogP) is 3.89. The zero-order valence-corrected chi connectivity index (χ0v) is 13.9. The van der Waals surface area contributed by atoms with Crippen molar-refractivity contribution >= 4 is 11.6 Å². The maximum absolute atomic E-state index is 4.71. The first-order chi connectivity index (χ1) is 10.9. The van der Waals surface area contributed by atoms with Gasteiger partial charge in [-0.1, -0.05) is 30.3 Å². The fraction of sp³-hybridized carbons (Fsp3) is 0.278. The molecule has 0 bridgehead atoms. The van der Waals surface area contributed by atoms with E-state index in [1.165, 1.54) is 5.56 Å². The van der Waals surface area contributed by atoms with Gasteiger partial charge in [0, 0.05) is 28.9 Å². The molecule has 2 aromatic heterocycles. The lowest BCUT2D eigenvalue weighted by molar-refractivity contribution is 0.588. The first kappa shape index (κ1) is 15.2. The van der Waals surface area contributed by atoms with Gasteiger partial charge >= 0.3 is 0 Å². The Labute approximate surface area is 136 Å². The van der Waals surface area contributed by atoms with Crippen LogP contribution in [0.3, 0.4) is 0 Å². The van der Waals surface area contributed by atoms with Gasteiger partial charge in [-0.05, 0) is 33.3 Å². The standard InChI is InChI=1S/C18H21N5/c1-12-10-15(20-16-11-13(2)22-23-16)21-17(19-12)18(3,4)14-8-6-5-7-9-14/h5-11H,1-4H3,(H2,19,20,21,22,23). The monoisotopic (exact) mass is 307 g/mol. The minimum Gasteiger partial charge on any atom is -0.323 e. The minimum atomic E-state index is -0.273. The predicted molar refractivity (Wildman–Crippen MR) is 91.9 cm³/mol. The number of hydrogen-bond acceptors (Lipinski definition) is 4. The second kappa shape index (κ2) is 5.83. The Bertz CT molecular complexity index is 805. The Morgan fingerprint density at radius 3 is 2.35 bits per heavy atom. The Morgan fingerprint density at radius 2 is 1.70 bits per heavy atom. The van der Waals surface area contributed by atoms with E-state index in [0.29, 0.717) is 0 Å². The zero-order valence-electron chi connectivity index (χ0n) is 13.9. The van der Waals surface area contributed by atoms with Gasteiger partial charge in [0.1, 0.15) is 11.6 Å². The van der Waals surface area contributed by atoms with Crippen LogP contribution in [0.5, 0.6) is 0 Å². The molecular formula is C18H21N5. The van der Waals surface area contributed by atoms with Crippen molar-refractivity contribution in [2.45, 2.75) is 33.1 Å². The van der Waals surface area contributed by atoms with Crippen molar-refractivity contribution in [2.24, 2.45) is 0 Å². The molecule has 23 heavy (non-hydrogen) atoms. The summed E-state index contributed by atoms with van der Waals surface area (Å²) in [6.45, 7) is 8.22. The molecular weight excluding hydrogens is 286 g/mol. The average molecular weight is 307 g/mol. The SMILES string of the molecule is Cc1cc(Nc2cc(C)[nH]n2)nc(C(C)(C)c2ccccc2)n1. The lowest BCUT2D eigenvalue weighted by Gasteiger charge is -2.24. The highest BCUT2D eigenvalue weighted by molar-refractivity contribution is 5.52. The van der Waals surface area contributed by atoms with Crippen LogP contribution in [0.1, 0.15) is 36.6 Å². The molecule has 0 unspecified atom stereocenters. The molecule has 0 saturated heterocycles. The molecule has 0 amide bonds. The quantitative estimate of drug-likeness (QED) is 0.767. The number of hydrogen-bond donors (Lipinski definition) is 2. The van der Waals surface area contributed by atoms with E-state index in [9.17, 15) is 0 Å². The molecule has 0 radical (unpaired) electrons. The maximum atomic E-state index is 4.71. The van der Waals surface area contributed by atoms with Gasteiger partial charge in [-0.3, -0.25) is 5.10 Å². The van der Waals surface area contributed by atoms with Crippen LogP contribution in [0.4, 0.5) is 11.6 Å². The Hall–Kier alpha value is -2.69. The summed E-state index contributed by atoms with van der Waals surface area (Å²) in [4.78, 5) is 9.36. The van der Waals surface area contributed by atoms with Crippen molar-refractivity contribution in [1.29, 1.82) is 0 Å². The highest BCUT2D eigenvalue weighted by Gasteiger charge is 2.27. The van der Waals surface area contributed by atoms with Crippen LogP contribution in [0.2, 0.25) is 0 Å². The molecule has 3 aromatic rings. The van der Waals surface area contributed by atoms with Gasteiger partial charge in [0.25, 0.3) is 0 Å². The maximum Gasteiger partial charge on any atom is 0.153 e. The molecule has 0 atom stereocenters. The molecule has 0 aliphatic heterocycles. The van der Waals surface area contributed by atoms with Crippen LogP contribution >= 0.6 is 0 Å². The molecule has 1 aromatic carbocycles. The van der Waals surface area contributed by atoms with Gasteiger partial charge in [-0.15, -0.1) is 0 Å². The van der Waals surface area contributed by atoms with E-state index in [-0.39, 0.29) is 5.41 Å². The molecule has 0 saturated carbocycles. The van der Waals surface area contributed by atoms with Gasteiger partial charge in [0.15, 0.2) is 5.82 Å². The van der Waals surface area contributed by atoms with E-state index in [1.807, 2.05) is 44.2 Å². The highest BCUT2D eigenvalue weighted by Crippen LogP contribution is 2.30. The normalized spacial score (nSPS) is 11.5. The lowest BCUT2D eigenvalue weighted by Crippen LogP contribution is -2.23. The van der Waals surface area contributed by atoms with Gasteiger partial charge < -0.3 is 5.32 Å². The fourth-order valence-electron chi connectivity index (χ4n) is 2.51. The molecule has 0 fully saturated rings. The molecule has 0 spiro atoms. The average Bonchev–Trinajstić information content (AvgIpc) is 2.92. The number of aromatic nitrogens is 4. The summed E-state index contributed by atoms with van der Waals surface area (Å²) in [6.07, 6.45) is 0. The van der Waals surface area contributed by atoms with Crippen LogP contribution < -0.4 is 5.32 Å². The van der Waals surface area contributed by atoms with E-state index >= 15 is 0 Å². The largest absolute Gasteiger partial charge is 0.323 e. The van der Waals surface area contributed by atoms with Crippen molar-refractivity contribution in [3.63, 3.8) is 0 Å². The summed E-state index contributed by atoms with van der Waals surface area (Å²) in [5, 5.41) is 10.3. The molecule has 0 aliphatic carbocycles. The van der Waals surface area contributed by atoms with E-state index in [4.69, 9.17) is 4.98 Å². The van der Waals surface area contributed by atoms with Gasteiger partial charge in [0.2, 0.25) is 0 Å². The van der Waals surface area contributed by atoms with E-state index in [1.54, 1.807) is 0 Å². The summed E-state index contributed by atoms with van der Waals surface area (Å²) in [5.74, 6) is 2.30. The number of rotatable bonds is 4. The Kier molecular flexibility index (Phi) is 3.86. The van der Waals surface area contributed by atoms with E-state index in [2.05, 4.69) is 46.5 Å². The number of H-pyrrole nitrogens is 1. The van der Waals surface area contributed by atoms with E-state index in [0.717, 1.165) is 28.8 Å². The second-order valence-corrected chi connectivity index (χ2v) is 6.27. The summed E-state index contributed by atoms with van der Waals surface area (Å²) in [6, 6.07) is 14.2. The molecule has 5 nitrogen and oxygen atoms in total. The highest BCUT2D eigenvalue weighted by atomic mass is 15.2. The van der Waals surface area contributed by atoms with Crippen molar-refractivity contribution < 1.29 is 0 Å². The molecule has 0 aliphatic rings. The third-order valence-electron chi connectivity index (χ3n) is 3.87. The summed E-state index contributed by atoms with van der Waals surface area (Å²) in [7, 11) is 0. The van der Waals surface area contributed by atoms with Crippen LogP contribution in [0.25, 0.3) is 0 Å². The minimum absolute atomic E-state index is 0.273. The van der Waals surface area contributed by atoms with Gasteiger partial charge in [0.05, 0.1) is 0 Å². The number of anilines is 2. The molecule has 2 N–H and O–H groups in total. The van der Waals surface area contributed by atoms with Crippen molar-refractivity contribution in [3.05, 3.63) is 65.2 Å². The Morgan fingerprint density at radius 1 is 0.957 bits per heavy atom. The van der Waals surface area contributed by atoms with Gasteiger partial charge in [-0.25, -0.2) is 9.97 Å². The number of benzene rings is 1. The summed E-state index contributed by atoms with van der Waals surface area (Å²) >= 11 is 0. The van der Waals surface area contributed by atoms with Gasteiger partial charge in [-0.2, -0.15) is 5.10 Å². The van der Waals surface area contributed by atoms with Crippen LogP contribution in [0.15, 0.2) is 42.5 Å². The summed E-state index contributed by atoms with van der Waals surface area (Å²) in [5.41, 5.74) is 2.84. The second-order valence-electron chi connectivity index (χ2n) is 6.27. The zero-order chi connectivity index (χ0) is 16.4. The smallest absolute Gasteiger partial charge is 0.153 e.